The summed E-state index contributed by atoms with van der Waals surface area (Å²) in [7, 11) is 1.81. The zero-order valence-corrected chi connectivity index (χ0v) is 16.7. The minimum absolute atomic E-state index is 0.0181. The number of halogens is 1. The first-order valence-electron chi connectivity index (χ1n) is 9.12. The molecule has 0 bridgehead atoms. The number of hydrogen-bond donors (Lipinski definition) is 1. The molecule has 1 atom stereocenters. The van der Waals surface area contributed by atoms with E-state index < -0.39 is 0 Å². The smallest absolute Gasteiger partial charge is 0.223 e. The maximum atomic E-state index is 13.0. The Hall–Kier alpha value is -2.85. The van der Waals surface area contributed by atoms with Gasteiger partial charge in [0.15, 0.2) is 0 Å². The Balaban J connectivity index is 1.84. The Morgan fingerprint density at radius 2 is 1.86 bits per heavy atom. The molecule has 0 aliphatic rings. The van der Waals surface area contributed by atoms with Gasteiger partial charge in [-0.3, -0.25) is 9.78 Å². The van der Waals surface area contributed by atoms with Gasteiger partial charge in [0.1, 0.15) is 5.75 Å². The molecule has 1 aromatic heterocycles. The quantitative estimate of drug-likeness (QED) is 0.644. The highest BCUT2D eigenvalue weighted by molar-refractivity contribution is 6.30. The van der Waals surface area contributed by atoms with E-state index in [2.05, 4.69) is 4.98 Å². The predicted octanol–water partition coefficient (Wildman–Crippen LogP) is 4.93. The van der Waals surface area contributed by atoms with Crippen molar-refractivity contribution in [1.29, 1.82) is 0 Å². The number of phenols is 1. The van der Waals surface area contributed by atoms with Gasteiger partial charge in [0.05, 0.1) is 0 Å². The summed E-state index contributed by atoms with van der Waals surface area (Å²) >= 11 is 6.18. The van der Waals surface area contributed by atoms with Crippen LogP contribution in [0, 0.1) is 6.92 Å². The van der Waals surface area contributed by atoms with E-state index >= 15 is 0 Å². The lowest BCUT2D eigenvalue weighted by atomic mass is 9.88. The molecule has 0 aliphatic carbocycles. The van der Waals surface area contributed by atoms with E-state index in [1.807, 2.05) is 43.3 Å². The van der Waals surface area contributed by atoms with Crippen LogP contribution in [-0.2, 0) is 11.3 Å². The average Bonchev–Trinajstić information content (AvgIpc) is 2.67. The van der Waals surface area contributed by atoms with Crippen molar-refractivity contribution in [1.82, 2.24) is 9.88 Å². The number of aromatic hydroxyl groups is 1. The summed E-state index contributed by atoms with van der Waals surface area (Å²) in [5.41, 5.74) is 3.95. The van der Waals surface area contributed by atoms with Crippen molar-refractivity contribution in [3.8, 4) is 5.75 Å². The van der Waals surface area contributed by atoms with Crippen molar-refractivity contribution in [3.05, 3.63) is 94.3 Å². The molecule has 3 aromatic rings. The van der Waals surface area contributed by atoms with Crippen molar-refractivity contribution >= 4 is 17.5 Å². The number of pyridine rings is 1. The van der Waals surface area contributed by atoms with E-state index in [9.17, 15) is 9.90 Å². The van der Waals surface area contributed by atoms with E-state index in [0.29, 0.717) is 11.6 Å². The molecular formula is C23H23ClN2O2. The molecule has 2 aromatic carbocycles. The first-order valence-corrected chi connectivity index (χ1v) is 9.49. The molecule has 3 rings (SSSR count). The number of carbonyl (C=O) groups is 1. The number of aryl methyl sites for hydroxylation is 1. The fourth-order valence-corrected chi connectivity index (χ4v) is 3.45. The van der Waals surface area contributed by atoms with Crippen LogP contribution >= 0.6 is 11.6 Å². The number of phenolic OH excluding ortho intramolecular Hbond substituents is 1. The highest BCUT2D eigenvalue weighted by atomic mass is 35.5. The van der Waals surface area contributed by atoms with Crippen molar-refractivity contribution in [2.24, 2.45) is 0 Å². The number of aromatic nitrogens is 1. The highest BCUT2D eigenvalue weighted by Gasteiger charge is 2.21. The first-order chi connectivity index (χ1) is 13.4. The zero-order chi connectivity index (χ0) is 20.1. The molecule has 1 N–H and O–H groups in total. The number of nitrogens with zero attached hydrogens (tertiary/aromatic N) is 2. The van der Waals surface area contributed by atoms with Crippen molar-refractivity contribution < 1.29 is 9.90 Å². The van der Waals surface area contributed by atoms with Crippen LogP contribution in [0.2, 0.25) is 5.02 Å². The minimum atomic E-state index is -0.195. The molecule has 144 valence electrons. The van der Waals surface area contributed by atoms with Gasteiger partial charge in [0.25, 0.3) is 0 Å². The molecule has 28 heavy (non-hydrogen) atoms. The third kappa shape index (κ3) is 4.90. The SMILES string of the molecule is Cc1cnccc1CN(C)C(=O)CC(c1cccc(O)c1)c1cccc(Cl)c1. The number of hydrogen-bond acceptors (Lipinski definition) is 3. The molecule has 0 fully saturated rings. The largest absolute Gasteiger partial charge is 0.508 e. The van der Waals surface area contributed by atoms with Crippen LogP contribution in [0.25, 0.3) is 0 Å². The summed E-state index contributed by atoms with van der Waals surface area (Å²) < 4.78 is 0. The third-order valence-corrected chi connectivity index (χ3v) is 5.11. The highest BCUT2D eigenvalue weighted by Crippen LogP contribution is 2.32. The Bertz CT molecular complexity index is 929. The molecule has 5 heteroatoms. The van der Waals surface area contributed by atoms with E-state index in [-0.39, 0.29) is 24.0 Å². The molecule has 4 nitrogen and oxygen atoms in total. The van der Waals surface area contributed by atoms with E-state index in [4.69, 9.17) is 11.6 Å². The summed E-state index contributed by atoms with van der Waals surface area (Å²) in [6, 6.07) is 16.5. The predicted molar refractivity (Wildman–Crippen MR) is 111 cm³/mol. The Labute approximate surface area is 170 Å². The Morgan fingerprint density at radius 3 is 2.54 bits per heavy atom. The molecule has 0 saturated carbocycles. The van der Waals surface area contributed by atoms with Gasteiger partial charge < -0.3 is 10.0 Å². The van der Waals surface area contributed by atoms with E-state index in [1.165, 1.54) is 0 Å². The van der Waals surface area contributed by atoms with Gasteiger partial charge in [-0.15, -0.1) is 0 Å². The second-order valence-electron chi connectivity index (χ2n) is 6.96. The number of carbonyl (C=O) groups excluding carboxylic acids is 1. The number of benzene rings is 2. The molecule has 1 heterocycles. The van der Waals surface area contributed by atoms with Crippen molar-refractivity contribution in [2.75, 3.05) is 7.05 Å². The van der Waals surface area contributed by atoms with Gasteiger partial charge in [-0.25, -0.2) is 0 Å². The molecule has 0 saturated heterocycles. The fraction of sp³-hybridized carbons (Fsp3) is 0.217. The second kappa shape index (κ2) is 8.89. The van der Waals surface area contributed by atoms with Crippen LogP contribution in [0.3, 0.4) is 0 Å². The first kappa shape index (κ1) is 19.9. The van der Waals surface area contributed by atoms with Gasteiger partial charge in [-0.05, 0) is 59.5 Å². The normalized spacial score (nSPS) is 11.8. The van der Waals surface area contributed by atoms with E-state index in [1.54, 1.807) is 42.5 Å². The summed E-state index contributed by atoms with van der Waals surface area (Å²) in [5.74, 6) is 0.00144. The Morgan fingerprint density at radius 1 is 1.14 bits per heavy atom. The standard InChI is InChI=1S/C23H23ClN2O2/c1-16-14-25-10-9-19(16)15-26(2)23(28)13-22(17-5-3-7-20(24)11-17)18-6-4-8-21(27)12-18/h3-12,14,22,27H,13,15H2,1-2H3. The van der Waals surface area contributed by atoms with Crippen LogP contribution in [0.15, 0.2) is 67.0 Å². The lowest BCUT2D eigenvalue weighted by Crippen LogP contribution is -2.28. The van der Waals surface area contributed by atoms with Crippen molar-refractivity contribution in [3.63, 3.8) is 0 Å². The van der Waals surface area contributed by atoms with Crippen LogP contribution in [0.1, 0.15) is 34.6 Å². The number of rotatable bonds is 6. The van der Waals surface area contributed by atoms with Crippen molar-refractivity contribution in [2.45, 2.75) is 25.8 Å². The van der Waals surface area contributed by atoms with Crippen LogP contribution in [0.5, 0.6) is 5.75 Å². The summed E-state index contributed by atoms with van der Waals surface area (Å²) in [5, 5.41) is 10.5. The van der Waals surface area contributed by atoms with Gasteiger partial charge in [0, 0.05) is 43.3 Å². The van der Waals surface area contributed by atoms with Gasteiger partial charge in [-0.1, -0.05) is 35.9 Å². The number of amides is 1. The van der Waals surface area contributed by atoms with Gasteiger partial charge in [-0.2, -0.15) is 0 Å². The van der Waals surface area contributed by atoms with Gasteiger partial charge >= 0.3 is 0 Å². The maximum absolute atomic E-state index is 13.0. The fourth-order valence-electron chi connectivity index (χ4n) is 3.25. The maximum Gasteiger partial charge on any atom is 0.223 e. The average molecular weight is 395 g/mol. The summed E-state index contributed by atoms with van der Waals surface area (Å²) in [6.45, 7) is 2.51. The zero-order valence-electron chi connectivity index (χ0n) is 16.0. The molecule has 1 unspecified atom stereocenters. The van der Waals surface area contributed by atoms with E-state index in [0.717, 1.165) is 22.3 Å². The summed E-state index contributed by atoms with van der Waals surface area (Å²) in [4.78, 5) is 18.8. The lowest BCUT2D eigenvalue weighted by Gasteiger charge is -2.23. The molecular weight excluding hydrogens is 372 g/mol. The van der Waals surface area contributed by atoms with Crippen LogP contribution < -0.4 is 0 Å². The Kier molecular flexibility index (Phi) is 6.32. The molecule has 0 radical (unpaired) electrons. The molecule has 1 amide bonds. The minimum Gasteiger partial charge on any atom is -0.508 e. The topological polar surface area (TPSA) is 53.4 Å². The van der Waals surface area contributed by atoms with Crippen LogP contribution in [-0.4, -0.2) is 27.9 Å². The van der Waals surface area contributed by atoms with Gasteiger partial charge in [0.2, 0.25) is 5.91 Å². The molecule has 0 aliphatic heterocycles. The second-order valence-corrected chi connectivity index (χ2v) is 7.40. The molecule has 0 spiro atoms. The van der Waals surface area contributed by atoms with Crippen LogP contribution in [0.4, 0.5) is 0 Å². The monoisotopic (exact) mass is 394 g/mol. The third-order valence-electron chi connectivity index (χ3n) is 4.87. The summed E-state index contributed by atoms with van der Waals surface area (Å²) in [6.07, 6.45) is 3.82. The lowest BCUT2D eigenvalue weighted by molar-refractivity contribution is -0.130.